The van der Waals surface area contributed by atoms with Gasteiger partial charge in [0, 0.05) is 17.3 Å². The Hall–Kier alpha value is -3.00. The van der Waals surface area contributed by atoms with Crippen LogP contribution in [0.2, 0.25) is 10.0 Å². The van der Waals surface area contributed by atoms with Gasteiger partial charge in [0.1, 0.15) is 23.2 Å². The van der Waals surface area contributed by atoms with Gasteiger partial charge in [-0.05, 0) is 48.9 Å². The van der Waals surface area contributed by atoms with Crippen LogP contribution in [0.25, 0.3) is 17.4 Å². The van der Waals surface area contributed by atoms with Crippen LogP contribution in [0.4, 0.5) is 5.69 Å². The number of aryl methyl sites for hydroxylation is 1. The molecule has 6 heteroatoms. The lowest BCUT2D eigenvalue weighted by Gasteiger charge is -2.04. The van der Waals surface area contributed by atoms with Crippen LogP contribution in [0.15, 0.2) is 64.6 Å². The third-order valence-corrected chi connectivity index (χ3v) is 4.59. The first-order valence-corrected chi connectivity index (χ1v) is 8.77. The number of carbonyl (C=O) groups is 1. The molecule has 3 rings (SSSR count). The Labute approximate surface area is 166 Å². The highest BCUT2D eigenvalue weighted by Gasteiger charge is 2.13. The number of furan rings is 1. The van der Waals surface area contributed by atoms with E-state index in [1.54, 1.807) is 36.4 Å². The topological polar surface area (TPSA) is 66.0 Å². The average molecular weight is 397 g/mol. The molecule has 134 valence electrons. The van der Waals surface area contributed by atoms with E-state index in [0.29, 0.717) is 32.8 Å². The van der Waals surface area contributed by atoms with Crippen molar-refractivity contribution in [3.63, 3.8) is 0 Å². The maximum atomic E-state index is 12.4. The first-order valence-electron chi connectivity index (χ1n) is 8.02. The fraction of sp³-hybridized carbons (Fsp3) is 0.0476. The van der Waals surface area contributed by atoms with Crippen LogP contribution in [-0.4, -0.2) is 5.91 Å². The van der Waals surface area contributed by atoms with Crippen molar-refractivity contribution in [3.05, 3.63) is 81.5 Å². The molecule has 0 saturated carbocycles. The summed E-state index contributed by atoms with van der Waals surface area (Å²) in [4.78, 5) is 12.4. The Balaban J connectivity index is 1.84. The van der Waals surface area contributed by atoms with Gasteiger partial charge < -0.3 is 9.73 Å². The van der Waals surface area contributed by atoms with Crippen molar-refractivity contribution in [1.82, 2.24) is 0 Å². The Morgan fingerprint density at radius 1 is 1.15 bits per heavy atom. The highest BCUT2D eigenvalue weighted by molar-refractivity contribution is 6.43. The van der Waals surface area contributed by atoms with Crippen LogP contribution in [0.3, 0.4) is 0 Å². The molecule has 27 heavy (non-hydrogen) atoms. The zero-order valence-electron chi connectivity index (χ0n) is 14.3. The van der Waals surface area contributed by atoms with Crippen molar-refractivity contribution in [2.75, 3.05) is 5.32 Å². The van der Waals surface area contributed by atoms with E-state index in [-0.39, 0.29) is 5.57 Å². The number of halogens is 2. The van der Waals surface area contributed by atoms with E-state index in [1.807, 2.05) is 31.2 Å². The summed E-state index contributed by atoms with van der Waals surface area (Å²) in [6.45, 7) is 1.92. The Kier molecular flexibility index (Phi) is 5.66. The number of hydrogen-bond donors (Lipinski definition) is 1. The fourth-order valence-corrected chi connectivity index (χ4v) is 2.88. The predicted octanol–water partition coefficient (Wildman–Crippen LogP) is 6.11. The molecule has 0 aliphatic rings. The zero-order chi connectivity index (χ0) is 19.4. The second-order valence-electron chi connectivity index (χ2n) is 5.80. The van der Waals surface area contributed by atoms with Crippen LogP contribution in [0.1, 0.15) is 11.3 Å². The van der Waals surface area contributed by atoms with Gasteiger partial charge in [0.05, 0.1) is 10.0 Å². The quantitative estimate of drug-likeness (QED) is 0.427. The van der Waals surface area contributed by atoms with Crippen LogP contribution < -0.4 is 5.32 Å². The first kappa shape index (κ1) is 18.8. The third kappa shape index (κ3) is 4.40. The smallest absolute Gasteiger partial charge is 0.266 e. The second kappa shape index (κ2) is 8.13. The maximum Gasteiger partial charge on any atom is 0.266 e. The molecule has 1 amide bonds. The summed E-state index contributed by atoms with van der Waals surface area (Å²) in [7, 11) is 0. The molecule has 3 aromatic rings. The normalized spacial score (nSPS) is 11.1. The minimum Gasteiger partial charge on any atom is -0.457 e. The van der Waals surface area contributed by atoms with Gasteiger partial charge in [-0.15, -0.1) is 0 Å². The van der Waals surface area contributed by atoms with Crippen molar-refractivity contribution in [2.45, 2.75) is 6.92 Å². The van der Waals surface area contributed by atoms with Gasteiger partial charge in [-0.3, -0.25) is 4.79 Å². The Morgan fingerprint density at radius 2 is 1.93 bits per heavy atom. The molecule has 0 aliphatic carbocycles. The van der Waals surface area contributed by atoms with Crippen molar-refractivity contribution < 1.29 is 9.21 Å². The molecule has 0 spiro atoms. The van der Waals surface area contributed by atoms with Gasteiger partial charge in [-0.25, -0.2) is 0 Å². The van der Waals surface area contributed by atoms with Gasteiger partial charge >= 0.3 is 0 Å². The SMILES string of the molecule is Cc1cccc(NC(=O)C(C#N)=Cc2ccc(-c3cccc(Cl)c3Cl)o2)c1. The van der Waals surface area contributed by atoms with E-state index in [0.717, 1.165) is 5.56 Å². The number of benzene rings is 2. The molecule has 0 atom stereocenters. The van der Waals surface area contributed by atoms with Crippen LogP contribution in [-0.2, 0) is 4.79 Å². The van der Waals surface area contributed by atoms with Crippen molar-refractivity contribution in [3.8, 4) is 17.4 Å². The molecule has 0 unspecified atom stereocenters. The summed E-state index contributed by atoms with van der Waals surface area (Å²) in [6, 6.07) is 17.8. The van der Waals surface area contributed by atoms with Crippen molar-refractivity contribution >= 4 is 40.9 Å². The van der Waals surface area contributed by atoms with E-state index in [9.17, 15) is 10.1 Å². The molecular formula is C21H14Cl2N2O2. The van der Waals surface area contributed by atoms with Gasteiger partial charge in [0.25, 0.3) is 5.91 Å². The monoisotopic (exact) mass is 396 g/mol. The first-order chi connectivity index (χ1) is 13.0. The molecule has 0 bridgehead atoms. The van der Waals surface area contributed by atoms with E-state index in [2.05, 4.69) is 5.32 Å². The Morgan fingerprint density at radius 3 is 2.67 bits per heavy atom. The van der Waals surface area contributed by atoms with Gasteiger partial charge in [-0.2, -0.15) is 5.26 Å². The van der Waals surface area contributed by atoms with Gasteiger partial charge in [0.2, 0.25) is 0 Å². The summed E-state index contributed by atoms with van der Waals surface area (Å²) in [6.07, 6.45) is 1.38. The molecule has 1 aromatic heterocycles. The standard InChI is InChI=1S/C21H14Cl2N2O2/c1-13-4-2-5-15(10-13)25-21(26)14(12-24)11-16-8-9-19(27-16)17-6-3-7-18(22)20(17)23/h2-11H,1H3,(H,25,26). The molecule has 0 aliphatic heterocycles. The lowest BCUT2D eigenvalue weighted by molar-refractivity contribution is -0.112. The maximum absolute atomic E-state index is 12.4. The molecule has 2 aromatic carbocycles. The fourth-order valence-electron chi connectivity index (χ4n) is 2.48. The largest absolute Gasteiger partial charge is 0.457 e. The molecule has 0 radical (unpaired) electrons. The summed E-state index contributed by atoms with van der Waals surface area (Å²) >= 11 is 12.2. The van der Waals surface area contributed by atoms with E-state index >= 15 is 0 Å². The molecular weight excluding hydrogens is 383 g/mol. The molecule has 0 saturated heterocycles. The number of anilines is 1. The lowest BCUT2D eigenvalue weighted by atomic mass is 10.2. The molecule has 4 nitrogen and oxygen atoms in total. The summed E-state index contributed by atoms with van der Waals surface area (Å²) in [5.41, 5.74) is 2.18. The predicted molar refractivity (Wildman–Crippen MR) is 108 cm³/mol. The average Bonchev–Trinajstić information content (AvgIpc) is 3.10. The van der Waals surface area contributed by atoms with Crippen molar-refractivity contribution in [2.24, 2.45) is 0 Å². The molecule has 0 fully saturated rings. The van der Waals surface area contributed by atoms with Crippen molar-refractivity contribution in [1.29, 1.82) is 5.26 Å². The summed E-state index contributed by atoms with van der Waals surface area (Å²) in [5.74, 6) is 0.337. The van der Waals surface area contributed by atoms with Crippen LogP contribution in [0.5, 0.6) is 0 Å². The van der Waals surface area contributed by atoms with Gasteiger partial charge in [-0.1, -0.05) is 41.4 Å². The lowest BCUT2D eigenvalue weighted by Crippen LogP contribution is -2.13. The van der Waals surface area contributed by atoms with E-state index in [1.165, 1.54) is 6.08 Å². The third-order valence-electron chi connectivity index (χ3n) is 3.77. The van der Waals surface area contributed by atoms with Crippen LogP contribution in [0, 0.1) is 18.3 Å². The highest BCUT2D eigenvalue weighted by atomic mass is 35.5. The number of nitrogens with one attached hydrogen (secondary N) is 1. The second-order valence-corrected chi connectivity index (χ2v) is 6.58. The number of amides is 1. The number of hydrogen-bond acceptors (Lipinski definition) is 3. The van der Waals surface area contributed by atoms with Gasteiger partial charge in [0.15, 0.2) is 0 Å². The number of rotatable bonds is 4. The Bertz CT molecular complexity index is 1080. The summed E-state index contributed by atoms with van der Waals surface area (Å²) < 4.78 is 5.71. The number of nitrogens with zero attached hydrogens (tertiary/aromatic N) is 1. The van der Waals surface area contributed by atoms with Crippen LogP contribution >= 0.6 is 23.2 Å². The zero-order valence-corrected chi connectivity index (χ0v) is 15.8. The minimum absolute atomic E-state index is 0.0744. The highest BCUT2D eigenvalue weighted by Crippen LogP contribution is 2.34. The number of carbonyl (C=O) groups excluding carboxylic acids is 1. The molecule has 1 heterocycles. The van der Waals surface area contributed by atoms with E-state index < -0.39 is 5.91 Å². The number of nitriles is 1. The summed E-state index contributed by atoms with van der Waals surface area (Å²) in [5, 5.41) is 12.8. The minimum atomic E-state index is -0.512. The van der Waals surface area contributed by atoms with E-state index in [4.69, 9.17) is 27.6 Å². The molecule has 1 N–H and O–H groups in total.